The minimum atomic E-state index is -0.173. The molecule has 2 aromatic carbocycles. The Bertz CT molecular complexity index is 567. The number of hydrogen-bond acceptors (Lipinski definition) is 1. The van der Waals surface area contributed by atoms with Crippen LogP contribution in [0.4, 0.5) is 0 Å². The van der Waals surface area contributed by atoms with Gasteiger partial charge in [0.05, 0.1) is 6.42 Å². The molecule has 0 spiro atoms. The summed E-state index contributed by atoms with van der Waals surface area (Å²) in [6.07, 6.45) is 0.433. The van der Waals surface area contributed by atoms with Gasteiger partial charge in [-0.05, 0) is 37.1 Å². The van der Waals surface area contributed by atoms with Gasteiger partial charge in [0.1, 0.15) is 0 Å². The molecule has 1 N–H and O–H groups in total. The monoisotopic (exact) mass is 241 g/mol. The second-order valence-corrected chi connectivity index (χ2v) is 5.66. The van der Waals surface area contributed by atoms with Crippen LogP contribution in [0.25, 0.3) is 10.8 Å². The number of carbonyl (C=O) groups is 1. The largest absolute Gasteiger partial charge is 0.351 e. The fourth-order valence-electron chi connectivity index (χ4n) is 2.00. The Kier molecular flexibility index (Phi) is 3.37. The van der Waals surface area contributed by atoms with Gasteiger partial charge in [0.15, 0.2) is 0 Å². The molecule has 0 bridgehead atoms. The van der Waals surface area contributed by atoms with Crippen LogP contribution in [0.5, 0.6) is 0 Å². The van der Waals surface area contributed by atoms with Crippen molar-refractivity contribution in [3.8, 4) is 0 Å². The van der Waals surface area contributed by atoms with Gasteiger partial charge in [0, 0.05) is 5.54 Å². The van der Waals surface area contributed by atoms with Crippen molar-refractivity contribution in [2.45, 2.75) is 32.7 Å². The van der Waals surface area contributed by atoms with Gasteiger partial charge in [-0.15, -0.1) is 0 Å². The second kappa shape index (κ2) is 4.81. The highest BCUT2D eigenvalue weighted by Gasteiger charge is 2.13. The van der Waals surface area contributed by atoms with Crippen molar-refractivity contribution in [2.24, 2.45) is 0 Å². The first-order chi connectivity index (χ1) is 8.44. The maximum absolute atomic E-state index is 11.9. The third kappa shape index (κ3) is 3.33. The van der Waals surface area contributed by atoms with Gasteiger partial charge >= 0.3 is 0 Å². The van der Waals surface area contributed by atoms with Crippen molar-refractivity contribution in [3.05, 3.63) is 48.0 Å². The number of benzene rings is 2. The Hall–Kier alpha value is -1.83. The van der Waals surface area contributed by atoms with E-state index >= 15 is 0 Å². The minimum absolute atomic E-state index is 0.0674. The topological polar surface area (TPSA) is 29.1 Å². The van der Waals surface area contributed by atoms with E-state index in [9.17, 15) is 4.79 Å². The quantitative estimate of drug-likeness (QED) is 0.858. The van der Waals surface area contributed by atoms with E-state index in [1.807, 2.05) is 39.0 Å². The zero-order chi connectivity index (χ0) is 13.2. The maximum Gasteiger partial charge on any atom is 0.224 e. The molecule has 0 fully saturated rings. The molecule has 94 valence electrons. The molecule has 2 aromatic rings. The highest BCUT2D eigenvalue weighted by atomic mass is 16.1. The summed E-state index contributed by atoms with van der Waals surface area (Å²) in [7, 11) is 0. The van der Waals surface area contributed by atoms with Crippen LogP contribution in [-0.4, -0.2) is 11.4 Å². The lowest BCUT2D eigenvalue weighted by Gasteiger charge is -2.20. The second-order valence-electron chi connectivity index (χ2n) is 5.66. The molecule has 18 heavy (non-hydrogen) atoms. The lowest BCUT2D eigenvalue weighted by atomic mass is 10.0. The van der Waals surface area contributed by atoms with Gasteiger partial charge in [-0.3, -0.25) is 4.79 Å². The van der Waals surface area contributed by atoms with Gasteiger partial charge in [-0.1, -0.05) is 42.5 Å². The number of fused-ring (bicyclic) bond motifs is 1. The molecule has 0 saturated heterocycles. The smallest absolute Gasteiger partial charge is 0.224 e. The predicted molar refractivity (Wildman–Crippen MR) is 75.5 cm³/mol. The summed E-state index contributed by atoms with van der Waals surface area (Å²) < 4.78 is 0. The third-order valence-corrected chi connectivity index (χ3v) is 2.69. The molecule has 0 radical (unpaired) electrons. The fraction of sp³-hybridized carbons (Fsp3) is 0.312. The Morgan fingerprint density at radius 3 is 2.39 bits per heavy atom. The molecular formula is C16H19NO. The average molecular weight is 241 g/mol. The van der Waals surface area contributed by atoms with Crippen LogP contribution < -0.4 is 5.32 Å². The Morgan fingerprint density at radius 2 is 1.72 bits per heavy atom. The van der Waals surface area contributed by atoms with Crippen molar-refractivity contribution >= 4 is 16.7 Å². The zero-order valence-electron chi connectivity index (χ0n) is 11.2. The molecule has 0 aromatic heterocycles. The molecule has 0 aliphatic heterocycles. The molecule has 0 saturated carbocycles. The van der Waals surface area contributed by atoms with Gasteiger partial charge in [0.2, 0.25) is 5.91 Å². The fourth-order valence-corrected chi connectivity index (χ4v) is 2.00. The van der Waals surface area contributed by atoms with Crippen molar-refractivity contribution in [1.82, 2.24) is 5.32 Å². The van der Waals surface area contributed by atoms with Crippen molar-refractivity contribution < 1.29 is 4.79 Å². The highest BCUT2D eigenvalue weighted by molar-refractivity contribution is 5.85. The lowest BCUT2D eigenvalue weighted by molar-refractivity contribution is -0.121. The number of carbonyl (C=O) groups excluding carboxylic acids is 1. The van der Waals surface area contributed by atoms with Crippen LogP contribution in [0.1, 0.15) is 26.3 Å². The molecule has 2 rings (SSSR count). The molecule has 0 aliphatic rings. The van der Waals surface area contributed by atoms with E-state index in [1.54, 1.807) is 0 Å². The molecule has 1 amide bonds. The summed E-state index contributed by atoms with van der Waals surface area (Å²) in [5.74, 6) is 0.0674. The van der Waals surface area contributed by atoms with Gasteiger partial charge in [-0.2, -0.15) is 0 Å². The van der Waals surface area contributed by atoms with Crippen LogP contribution in [0, 0.1) is 0 Å². The van der Waals surface area contributed by atoms with Crippen LogP contribution in [0.15, 0.2) is 42.5 Å². The molecule has 2 nitrogen and oxygen atoms in total. The van der Waals surface area contributed by atoms with E-state index in [4.69, 9.17) is 0 Å². The summed E-state index contributed by atoms with van der Waals surface area (Å²) in [4.78, 5) is 11.9. The molecule has 0 aliphatic carbocycles. The molecule has 0 atom stereocenters. The first kappa shape index (κ1) is 12.6. The van der Waals surface area contributed by atoms with Crippen molar-refractivity contribution in [1.29, 1.82) is 0 Å². The average Bonchev–Trinajstić information content (AvgIpc) is 2.26. The van der Waals surface area contributed by atoms with Gasteiger partial charge in [-0.25, -0.2) is 0 Å². The van der Waals surface area contributed by atoms with E-state index < -0.39 is 0 Å². The number of amides is 1. The number of hydrogen-bond donors (Lipinski definition) is 1. The Labute approximate surface area is 108 Å². The first-order valence-electron chi connectivity index (χ1n) is 6.23. The summed E-state index contributed by atoms with van der Waals surface area (Å²) in [6, 6.07) is 14.3. The standard InChI is InChI=1S/C16H19NO/c1-16(2,3)17-15(18)11-12-8-9-13-6-4-5-7-14(13)10-12/h4-10H,11H2,1-3H3,(H,17,18). The van der Waals surface area contributed by atoms with Crippen LogP contribution >= 0.6 is 0 Å². The van der Waals surface area contributed by atoms with Crippen molar-refractivity contribution in [3.63, 3.8) is 0 Å². The normalized spacial score (nSPS) is 11.5. The van der Waals surface area contributed by atoms with E-state index in [0.717, 1.165) is 5.56 Å². The first-order valence-corrected chi connectivity index (χ1v) is 6.23. The van der Waals surface area contributed by atoms with E-state index in [2.05, 4.69) is 29.6 Å². The molecular weight excluding hydrogens is 222 g/mol. The summed E-state index contributed by atoms with van der Waals surface area (Å²) in [6.45, 7) is 5.97. The Morgan fingerprint density at radius 1 is 1.06 bits per heavy atom. The SMILES string of the molecule is CC(C)(C)NC(=O)Cc1ccc2ccccc2c1. The highest BCUT2D eigenvalue weighted by Crippen LogP contribution is 2.16. The molecule has 0 heterocycles. The minimum Gasteiger partial charge on any atom is -0.351 e. The summed E-state index contributed by atoms with van der Waals surface area (Å²) in [5, 5.41) is 5.36. The van der Waals surface area contributed by atoms with E-state index in [1.165, 1.54) is 10.8 Å². The number of rotatable bonds is 2. The van der Waals surface area contributed by atoms with E-state index in [-0.39, 0.29) is 11.4 Å². The lowest BCUT2D eigenvalue weighted by Crippen LogP contribution is -2.41. The van der Waals surface area contributed by atoms with Gasteiger partial charge < -0.3 is 5.32 Å². The van der Waals surface area contributed by atoms with Crippen LogP contribution in [0.3, 0.4) is 0 Å². The van der Waals surface area contributed by atoms with Gasteiger partial charge in [0.25, 0.3) is 0 Å². The summed E-state index contributed by atoms with van der Waals surface area (Å²) in [5.41, 5.74) is 0.879. The Balaban J connectivity index is 2.15. The summed E-state index contributed by atoms with van der Waals surface area (Å²) >= 11 is 0. The van der Waals surface area contributed by atoms with Crippen molar-refractivity contribution in [2.75, 3.05) is 0 Å². The van der Waals surface area contributed by atoms with Crippen LogP contribution in [-0.2, 0) is 11.2 Å². The maximum atomic E-state index is 11.9. The zero-order valence-corrected chi connectivity index (χ0v) is 11.2. The molecule has 0 unspecified atom stereocenters. The number of nitrogens with one attached hydrogen (secondary N) is 1. The van der Waals surface area contributed by atoms with E-state index in [0.29, 0.717) is 6.42 Å². The molecule has 2 heteroatoms. The third-order valence-electron chi connectivity index (χ3n) is 2.69. The van der Waals surface area contributed by atoms with Crippen LogP contribution in [0.2, 0.25) is 0 Å². The predicted octanol–water partition coefficient (Wildman–Crippen LogP) is 3.30.